The van der Waals surface area contributed by atoms with Crippen molar-refractivity contribution in [1.29, 1.82) is 0 Å². The molecule has 0 aliphatic carbocycles. The Bertz CT molecular complexity index is 1520. The van der Waals surface area contributed by atoms with Gasteiger partial charge in [-0.3, -0.25) is 15.6 Å². The molecule has 1 amide bonds. The molecule has 7 nitrogen and oxygen atoms in total. The second-order valence-electron chi connectivity index (χ2n) is 9.52. The molecule has 0 unspecified atom stereocenters. The molecule has 0 radical (unpaired) electrons. The van der Waals surface area contributed by atoms with E-state index in [1.807, 2.05) is 103 Å². The van der Waals surface area contributed by atoms with Gasteiger partial charge in [0.25, 0.3) is 5.91 Å². The van der Waals surface area contributed by atoms with Crippen molar-refractivity contribution in [1.82, 2.24) is 5.43 Å². The molecule has 0 saturated heterocycles. The van der Waals surface area contributed by atoms with E-state index in [0.717, 1.165) is 31.3 Å². The van der Waals surface area contributed by atoms with Gasteiger partial charge < -0.3 is 14.6 Å². The summed E-state index contributed by atoms with van der Waals surface area (Å²) in [5, 5.41) is 9.03. The first kappa shape index (κ1) is 28.9. The van der Waals surface area contributed by atoms with Gasteiger partial charge in [0.05, 0.1) is 12.3 Å². The van der Waals surface area contributed by atoms with Crippen LogP contribution >= 0.6 is 31.9 Å². The predicted octanol–water partition coefficient (Wildman–Crippen LogP) is 6.62. The number of para-hydroxylation sites is 1. The van der Waals surface area contributed by atoms with E-state index in [0.29, 0.717) is 24.7 Å². The number of nitrogens with zero attached hydrogens (tertiary/aromatic N) is 1. The number of hydrogen-bond acceptors (Lipinski definition) is 6. The molecule has 0 bridgehead atoms. The average molecular weight is 679 g/mol. The summed E-state index contributed by atoms with van der Waals surface area (Å²) in [6.07, 6.45) is 0.0852. The molecule has 3 N–H and O–H groups in total. The van der Waals surface area contributed by atoms with Crippen molar-refractivity contribution in [2.24, 2.45) is 4.99 Å². The first-order chi connectivity index (χ1) is 20.0. The number of aliphatic hydroxyl groups is 1. The number of rotatable bonds is 11. The van der Waals surface area contributed by atoms with Crippen LogP contribution < -0.4 is 15.6 Å². The number of aliphatic hydroxyl groups excluding tert-OH is 1. The van der Waals surface area contributed by atoms with Crippen molar-refractivity contribution in [3.8, 4) is 5.75 Å². The van der Waals surface area contributed by atoms with Gasteiger partial charge in [-0.1, -0.05) is 86.5 Å². The molecular weight excluding hydrogens is 650 g/mol. The van der Waals surface area contributed by atoms with E-state index in [1.165, 1.54) is 0 Å². The number of aliphatic imine (C=N–C) groups is 1. The summed E-state index contributed by atoms with van der Waals surface area (Å²) in [5.74, 6) is 0.693. The molecule has 1 aliphatic rings. The maximum atomic E-state index is 14.3. The Balaban J connectivity index is 1.57. The van der Waals surface area contributed by atoms with Gasteiger partial charge in [0.15, 0.2) is 11.6 Å². The van der Waals surface area contributed by atoms with Crippen LogP contribution in [0.5, 0.6) is 5.75 Å². The average Bonchev–Trinajstić information content (AvgIpc) is 3.38. The summed E-state index contributed by atoms with van der Waals surface area (Å²) in [6, 6.07) is 32.3. The normalized spacial score (nSPS) is 17.8. The second-order valence-corrected chi connectivity index (χ2v) is 11.2. The number of hydrogen-bond donors (Lipinski definition) is 3. The summed E-state index contributed by atoms with van der Waals surface area (Å²) in [6.45, 7) is 0.487. The molecular formula is C32H29Br2N3O4. The molecule has 0 spiro atoms. The molecule has 2 atom stereocenters. The lowest BCUT2D eigenvalue weighted by atomic mass is 9.82. The van der Waals surface area contributed by atoms with Gasteiger partial charge in [-0.2, -0.15) is 0 Å². The molecule has 1 heterocycles. The molecule has 0 fully saturated rings. The van der Waals surface area contributed by atoms with Crippen LogP contribution in [0.4, 0.5) is 5.69 Å². The van der Waals surface area contributed by atoms with Gasteiger partial charge in [0.2, 0.25) is 5.90 Å². The lowest BCUT2D eigenvalue weighted by molar-refractivity contribution is -0.128. The number of nitrogens with one attached hydrogen (secondary N) is 2. The van der Waals surface area contributed by atoms with Crippen LogP contribution in [-0.2, 0) is 16.0 Å². The van der Waals surface area contributed by atoms with Crippen molar-refractivity contribution in [2.45, 2.75) is 24.5 Å². The topological polar surface area (TPSA) is 92.2 Å². The standard InChI is InChI=1S/C32H29Br2N3O4/c33-27-13-6-4-9-23(27)21-32(31(39)37-36-24-10-2-1-3-11-24)29(26-12-5-7-14-28(26)34)41-30(35-32)22-15-17-25(18-16-22)40-20-8-19-38/h1-7,9-18,29,36,38H,8,19-21H2,(H,37,39)/t29-,32-/m0/s1. The van der Waals surface area contributed by atoms with E-state index in [2.05, 4.69) is 42.7 Å². The van der Waals surface area contributed by atoms with Crippen LogP contribution in [-0.4, -0.2) is 35.7 Å². The summed E-state index contributed by atoms with van der Waals surface area (Å²) < 4.78 is 14.0. The van der Waals surface area contributed by atoms with Crippen LogP contribution in [0.25, 0.3) is 0 Å². The zero-order chi connectivity index (χ0) is 28.7. The molecule has 41 heavy (non-hydrogen) atoms. The Morgan fingerprint density at radius 2 is 1.59 bits per heavy atom. The molecule has 210 valence electrons. The number of ether oxygens (including phenoxy) is 2. The van der Waals surface area contributed by atoms with E-state index < -0.39 is 11.6 Å². The van der Waals surface area contributed by atoms with Crippen molar-refractivity contribution in [3.63, 3.8) is 0 Å². The van der Waals surface area contributed by atoms with Gasteiger partial charge in [-0.25, -0.2) is 4.99 Å². The highest BCUT2D eigenvalue weighted by Gasteiger charge is 2.54. The Morgan fingerprint density at radius 3 is 2.29 bits per heavy atom. The fourth-order valence-corrected chi connectivity index (χ4v) is 5.56. The van der Waals surface area contributed by atoms with Crippen molar-refractivity contribution in [3.05, 3.63) is 129 Å². The second kappa shape index (κ2) is 13.3. The largest absolute Gasteiger partial charge is 0.494 e. The maximum Gasteiger partial charge on any atom is 0.270 e. The minimum absolute atomic E-state index is 0.0694. The molecule has 4 aromatic carbocycles. The number of halogens is 2. The zero-order valence-electron chi connectivity index (χ0n) is 22.1. The maximum absolute atomic E-state index is 14.3. The third-order valence-corrected chi connectivity index (χ3v) is 8.23. The van der Waals surface area contributed by atoms with Gasteiger partial charge in [-0.05, 0) is 54.1 Å². The van der Waals surface area contributed by atoms with Gasteiger partial charge >= 0.3 is 0 Å². The fraction of sp³-hybridized carbons (Fsp3) is 0.188. The Labute approximate surface area is 255 Å². The van der Waals surface area contributed by atoms with Gasteiger partial charge in [0, 0.05) is 39.5 Å². The lowest BCUT2D eigenvalue weighted by Crippen LogP contribution is -2.51. The molecule has 0 aromatic heterocycles. The van der Waals surface area contributed by atoms with E-state index in [4.69, 9.17) is 19.6 Å². The Morgan fingerprint density at radius 1 is 0.902 bits per heavy atom. The third-order valence-electron chi connectivity index (χ3n) is 6.73. The number of carbonyl (C=O) groups is 1. The first-order valence-electron chi connectivity index (χ1n) is 13.2. The van der Waals surface area contributed by atoms with Gasteiger partial charge in [-0.15, -0.1) is 0 Å². The van der Waals surface area contributed by atoms with Crippen molar-refractivity contribution >= 4 is 49.4 Å². The highest BCUT2D eigenvalue weighted by atomic mass is 79.9. The SMILES string of the molecule is O=C(NNc1ccccc1)[C@@]1(Cc2ccccc2Br)N=C(c2ccc(OCCCO)cc2)O[C@H]1c1ccccc1Br. The predicted molar refractivity (Wildman–Crippen MR) is 167 cm³/mol. The molecule has 4 aromatic rings. The molecule has 5 rings (SSSR count). The summed E-state index contributed by atoms with van der Waals surface area (Å²) in [5.41, 5.74) is 7.76. The number of hydrazine groups is 1. The van der Waals surface area contributed by atoms with E-state index in [1.54, 1.807) is 0 Å². The molecule has 1 aliphatic heterocycles. The number of anilines is 1. The number of carbonyl (C=O) groups excluding carboxylic acids is 1. The fourth-order valence-electron chi connectivity index (χ4n) is 4.64. The van der Waals surface area contributed by atoms with Crippen LogP contribution in [0.2, 0.25) is 0 Å². The lowest BCUT2D eigenvalue weighted by Gasteiger charge is -2.31. The van der Waals surface area contributed by atoms with Crippen LogP contribution in [0.15, 0.2) is 117 Å². The molecule has 0 saturated carbocycles. The number of benzene rings is 4. The Kier molecular flexibility index (Phi) is 9.38. The van der Waals surface area contributed by atoms with Crippen LogP contribution in [0.1, 0.15) is 29.2 Å². The minimum Gasteiger partial charge on any atom is -0.494 e. The van der Waals surface area contributed by atoms with Crippen molar-refractivity contribution < 1.29 is 19.4 Å². The van der Waals surface area contributed by atoms with Gasteiger partial charge in [0.1, 0.15) is 5.75 Å². The summed E-state index contributed by atoms with van der Waals surface area (Å²) in [7, 11) is 0. The minimum atomic E-state index is -1.36. The monoisotopic (exact) mass is 677 g/mol. The summed E-state index contributed by atoms with van der Waals surface area (Å²) >= 11 is 7.34. The summed E-state index contributed by atoms with van der Waals surface area (Å²) in [4.78, 5) is 19.4. The first-order valence-corrected chi connectivity index (χ1v) is 14.8. The quantitative estimate of drug-likeness (QED) is 0.123. The smallest absolute Gasteiger partial charge is 0.270 e. The van der Waals surface area contributed by atoms with E-state index >= 15 is 0 Å². The van der Waals surface area contributed by atoms with Crippen LogP contribution in [0.3, 0.4) is 0 Å². The highest BCUT2D eigenvalue weighted by Crippen LogP contribution is 2.45. The highest BCUT2D eigenvalue weighted by molar-refractivity contribution is 9.10. The zero-order valence-corrected chi connectivity index (χ0v) is 25.3. The Hall–Kier alpha value is -3.66. The third kappa shape index (κ3) is 6.64. The van der Waals surface area contributed by atoms with E-state index in [9.17, 15) is 4.79 Å². The molecule has 9 heteroatoms. The van der Waals surface area contributed by atoms with Crippen molar-refractivity contribution in [2.75, 3.05) is 18.6 Å². The van der Waals surface area contributed by atoms with Crippen LogP contribution in [0, 0.1) is 0 Å². The number of amides is 1. The van der Waals surface area contributed by atoms with E-state index in [-0.39, 0.29) is 18.9 Å².